The summed E-state index contributed by atoms with van der Waals surface area (Å²) in [6.07, 6.45) is 0. The number of anilines is 1. The number of aryl methyl sites for hydroxylation is 2. The largest absolute Gasteiger partial charge is 0.322 e. The molecule has 2 rings (SSSR count). The summed E-state index contributed by atoms with van der Waals surface area (Å²) >= 11 is 7.48. The molecule has 0 aliphatic rings. The number of amides is 1. The van der Waals surface area contributed by atoms with Crippen LogP contribution in [0.5, 0.6) is 0 Å². The highest BCUT2D eigenvalue weighted by Gasteiger charge is 2.11. The van der Waals surface area contributed by atoms with E-state index in [1.54, 1.807) is 23.5 Å². The number of hydrogen-bond acceptors (Lipinski definition) is 2. The van der Waals surface area contributed by atoms with Crippen molar-refractivity contribution in [2.75, 3.05) is 5.32 Å². The molecule has 0 bridgehead atoms. The van der Waals surface area contributed by atoms with Gasteiger partial charge in [-0.25, -0.2) is 0 Å². The Labute approximate surface area is 109 Å². The Morgan fingerprint density at radius 2 is 2.06 bits per heavy atom. The first-order valence-corrected chi connectivity index (χ1v) is 6.39. The second-order valence-corrected chi connectivity index (χ2v) is 5.69. The van der Waals surface area contributed by atoms with E-state index in [0.717, 1.165) is 15.3 Å². The Morgan fingerprint density at radius 1 is 1.29 bits per heavy atom. The van der Waals surface area contributed by atoms with E-state index in [0.29, 0.717) is 10.7 Å². The smallest absolute Gasteiger partial charge is 0.256 e. The molecule has 2 nitrogen and oxygen atoms in total. The lowest BCUT2D eigenvalue weighted by Crippen LogP contribution is -2.11. The van der Waals surface area contributed by atoms with Gasteiger partial charge in [0, 0.05) is 20.5 Å². The van der Waals surface area contributed by atoms with Crippen LogP contribution in [-0.2, 0) is 0 Å². The van der Waals surface area contributed by atoms with E-state index in [4.69, 9.17) is 11.6 Å². The molecule has 0 unspecified atom stereocenters. The van der Waals surface area contributed by atoms with Gasteiger partial charge in [-0.05, 0) is 38.1 Å². The zero-order chi connectivity index (χ0) is 12.4. The molecule has 17 heavy (non-hydrogen) atoms. The fourth-order valence-electron chi connectivity index (χ4n) is 1.62. The van der Waals surface area contributed by atoms with E-state index >= 15 is 0 Å². The highest BCUT2D eigenvalue weighted by atomic mass is 35.5. The SMILES string of the molecule is Cc1cc(C(=O)Nc2cccc(Cl)c2)c(C)s1. The maximum Gasteiger partial charge on any atom is 0.256 e. The molecule has 0 aliphatic heterocycles. The maximum atomic E-state index is 12.0. The third kappa shape index (κ3) is 2.87. The lowest BCUT2D eigenvalue weighted by Gasteiger charge is -2.04. The molecule has 1 heterocycles. The lowest BCUT2D eigenvalue weighted by molar-refractivity contribution is 0.102. The third-order valence-electron chi connectivity index (χ3n) is 2.37. The fourth-order valence-corrected chi connectivity index (χ4v) is 2.73. The first-order chi connectivity index (χ1) is 8.06. The average Bonchev–Trinajstić information content (AvgIpc) is 2.58. The van der Waals surface area contributed by atoms with Gasteiger partial charge in [0.1, 0.15) is 0 Å². The molecule has 0 aliphatic carbocycles. The number of rotatable bonds is 2. The zero-order valence-corrected chi connectivity index (χ0v) is 11.2. The van der Waals surface area contributed by atoms with Crippen molar-refractivity contribution >= 4 is 34.5 Å². The normalized spacial score (nSPS) is 10.3. The van der Waals surface area contributed by atoms with Gasteiger partial charge in [-0.15, -0.1) is 11.3 Å². The summed E-state index contributed by atoms with van der Waals surface area (Å²) in [6, 6.07) is 9.03. The molecular weight excluding hydrogens is 254 g/mol. The van der Waals surface area contributed by atoms with E-state index in [-0.39, 0.29) is 5.91 Å². The predicted octanol–water partition coefficient (Wildman–Crippen LogP) is 4.27. The van der Waals surface area contributed by atoms with Crippen molar-refractivity contribution in [3.63, 3.8) is 0 Å². The molecule has 1 aromatic heterocycles. The summed E-state index contributed by atoms with van der Waals surface area (Å²) in [5.41, 5.74) is 1.44. The van der Waals surface area contributed by atoms with Crippen molar-refractivity contribution in [3.05, 3.63) is 50.7 Å². The van der Waals surface area contributed by atoms with Gasteiger partial charge in [0.05, 0.1) is 5.56 Å². The van der Waals surface area contributed by atoms with E-state index < -0.39 is 0 Å². The van der Waals surface area contributed by atoms with Crippen LogP contribution < -0.4 is 5.32 Å². The quantitative estimate of drug-likeness (QED) is 0.863. The van der Waals surface area contributed by atoms with Crippen LogP contribution >= 0.6 is 22.9 Å². The van der Waals surface area contributed by atoms with Crippen LogP contribution in [0, 0.1) is 13.8 Å². The summed E-state index contributed by atoms with van der Waals surface area (Å²) in [4.78, 5) is 14.2. The molecule has 88 valence electrons. The first-order valence-electron chi connectivity index (χ1n) is 5.20. The molecule has 4 heteroatoms. The number of nitrogens with one attached hydrogen (secondary N) is 1. The van der Waals surface area contributed by atoms with Crippen molar-refractivity contribution in [2.45, 2.75) is 13.8 Å². The Hall–Kier alpha value is -1.32. The molecule has 1 N–H and O–H groups in total. The van der Waals surface area contributed by atoms with Gasteiger partial charge in [-0.1, -0.05) is 17.7 Å². The maximum absolute atomic E-state index is 12.0. The lowest BCUT2D eigenvalue weighted by atomic mass is 10.2. The Bertz CT molecular complexity index is 562. The molecule has 1 amide bonds. The Balaban J connectivity index is 2.20. The van der Waals surface area contributed by atoms with Crippen LogP contribution in [-0.4, -0.2) is 5.91 Å². The number of benzene rings is 1. The van der Waals surface area contributed by atoms with Crippen molar-refractivity contribution in [1.82, 2.24) is 0 Å². The van der Waals surface area contributed by atoms with Gasteiger partial charge in [-0.3, -0.25) is 4.79 Å². The van der Waals surface area contributed by atoms with E-state index in [2.05, 4.69) is 5.32 Å². The molecule has 0 atom stereocenters. The van der Waals surface area contributed by atoms with Gasteiger partial charge in [-0.2, -0.15) is 0 Å². The number of carbonyl (C=O) groups excluding carboxylic acids is 1. The Kier molecular flexibility index (Phi) is 3.50. The fraction of sp³-hybridized carbons (Fsp3) is 0.154. The molecule has 0 saturated carbocycles. The van der Waals surface area contributed by atoms with Crippen molar-refractivity contribution < 1.29 is 4.79 Å². The zero-order valence-electron chi connectivity index (χ0n) is 9.58. The number of thiophene rings is 1. The minimum Gasteiger partial charge on any atom is -0.322 e. The van der Waals surface area contributed by atoms with Crippen LogP contribution in [0.15, 0.2) is 30.3 Å². The minimum absolute atomic E-state index is 0.0888. The highest BCUT2D eigenvalue weighted by Crippen LogP contribution is 2.22. The summed E-state index contributed by atoms with van der Waals surface area (Å²) in [6.45, 7) is 3.94. The summed E-state index contributed by atoms with van der Waals surface area (Å²) in [5.74, 6) is -0.0888. The van der Waals surface area contributed by atoms with Crippen LogP contribution in [0.4, 0.5) is 5.69 Å². The van der Waals surface area contributed by atoms with Gasteiger partial charge < -0.3 is 5.32 Å². The van der Waals surface area contributed by atoms with Crippen LogP contribution in [0.25, 0.3) is 0 Å². The molecule has 0 fully saturated rings. The van der Waals surface area contributed by atoms with Crippen LogP contribution in [0.1, 0.15) is 20.1 Å². The number of carbonyl (C=O) groups is 1. The molecule has 0 radical (unpaired) electrons. The van der Waals surface area contributed by atoms with E-state index in [9.17, 15) is 4.79 Å². The molecule has 2 aromatic rings. The second kappa shape index (κ2) is 4.90. The minimum atomic E-state index is -0.0888. The molecule has 1 aromatic carbocycles. The topological polar surface area (TPSA) is 29.1 Å². The molecule has 0 saturated heterocycles. The summed E-state index contributed by atoms with van der Waals surface area (Å²) in [5, 5.41) is 3.45. The molecule has 0 spiro atoms. The highest BCUT2D eigenvalue weighted by molar-refractivity contribution is 7.12. The average molecular weight is 266 g/mol. The predicted molar refractivity (Wildman–Crippen MR) is 73.2 cm³/mol. The monoisotopic (exact) mass is 265 g/mol. The van der Waals surface area contributed by atoms with E-state index in [1.807, 2.05) is 32.0 Å². The van der Waals surface area contributed by atoms with Crippen molar-refractivity contribution in [2.24, 2.45) is 0 Å². The summed E-state index contributed by atoms with van der Waals surface area (Å²) < 4.78 is 0. The van der Waals surface area contributed by atoms with E-state index in [1.165, 1.54) is 0 Å². The van der Waals surface area contributed by atoms with Gasteiger partial charge in [0.2, 0.25) is 0 Å². The van der Waals surface area contributed by atoms with Crippen LogP contribution in [0.3, 0.4) is 0 Å². The third-order valence-corrected chi connectivity index (χ3v) is 3.57. The first kappa shape index (κ1) is 12.1. The number of hydrogen-bond donors (Lipinski definition) is 1. The van der Waals surface area contributed by atoms with Gasteiger partial charge in [0.15, 0.2) is 0 Å². The Morgan fingerprint density at radius 3 is 2.65 bits per heavy atom. The van der Waals surface area contributed by atoms with Crippen molar-refractivity contribution in [1.29, 1.82) is 0 Å². The van der Waals surface area contributed by atoms with Gasteiger partial charge in [0.25, 0.3) is 5.91 Å². The summed E-state index contributed by atoms with van der Waals surface area (Å²) in [7, 11) is 0. The van der Waals surface area contributed by atoms with Crippen molar-refractivity contribution in [3.8, 4) is 0 Å². The second-order valence-electron chi connectivity index (χ2n) is 3.79. The van der Waals surface area contributed by atoms with Gasteiger partial charge >= 0.3 is 0 Å². The van der Waals surface area contributed by atoms with Crippen LogP contribution in [0.2, 0.25) is 5.02 Å². The number of halogens is 1. The standard InChI is InChI=1S/C13H12ClNOS/c1-8-6-12(9(2)17-8)13(16)15-11-5-3-4-10(14)7-11/h3-7H,1-2H3,(H,15,16). The molecular formula is C13H12ClNOS.